The van der Waals surface area contributed by atoms with Crippen molar-refractivity contribution >= 4 is 10.8 Å². The number of benzene rings is 11. The molecule has 332 valence electrons. The number of rotatable bonds is 9. The molecule has 0 N–H and O–H groups in total. The van der Waals surface area contributed by atoms with Crippen LogP contribution < -0.4 is 0 Å². The maximum Gasteiger partial charge on any atom is 0.164 e. The lowest BCUT2D eigenvalue weighted by atomic mass is 9.67. The van der Waals surface area contributed by atoms with Gasteiger partial charge in [-0.2, -0.15) is 0 Å². The van der Waals surface area contributed by atoms with Gasteiger partial charge in [-0.05, 0) is 101 Å². The second-order valence-electron chi connectivity index (χ2n) is 18.2. The number of nitrogens with zero attached hydrogens (tertiary/aromatic N) is 3. The summed E-state index contributed by atoms with van der Waals surface area (Å²) < 4.78 is 0. The van der Waals surface area contributed by atoms with Crippen LogP contribution in [0.15, 0.2) is 273 Å². The Bertz CT molecular complexity index is 3850. The molecule has 3 nitrogen and oxygen atoms in total. The molecule has 0 saturated heterocycles. The van der Waals surface area contributed by atoms with Crippen LogP contribution >= 0.6 is 0 Å². The summed E-state index contributed by atoms with van der Waals surface area (Å²) in [5.74, 6) is 1.82. The molecule has 71 heavy (non-hydrogen) atoms. The smallest absolute Gasteiger partial charge is 0.164 e. The van der Waals surface area contributed by atoms with Gasteiger partial charge in [-0.1, -0.05) is 255 Å². The molecule has 11 aromatic carbocycles. The van der Waals surface area contributed by atoms with Crippen LogP contribution in [-0.2, 0) is 5.41 Å². The van der Waals surface area contributed by atoms with Crippen LogP contribution in [0, 0.1) is 0 Å². The SMILES string of the molecule is c1ccc(-c2ccc(-c3nc(-c4cc(-c5ccccc5)cc(-c5ccc6c(c5)-c5ccccc5C6(c5ccccc5)c5ccccc5)c4-c4ccccc4)nc(-c4cccc5ccccc45)n3)cc2)cc1. The fraction of sp³-hybridized carbons (Fsp3) is 0.0147. The zero-order chi connectivity index (χ0) is 47.1. The number of fused-ring (bicyclic) bond motifs is 4. The van der Waals surface area contributed by atoms with Crippen molar-refractivity contribution in [2.24, 2.45) is 0 Å². The van der Waals surface area contributed by atoms with E-state index in [-0.39, 0.29) is 0 Å². The molecule has 1 aliphatic rings. The molecule has 3 heteroatoms. The Morgan fingerprint density at radius 2 is 0.676 bits per heavy atom. The van der Waals surface area contributed by atoms with Crippen molar-refractivity contribution in [3.63, 3.8) is 0 Å². The van der Waals surface area contributed by atoms with Crippen LogP contribution in [0.4, 0.5) is 0 Å². The molecule has 0 unspecified atom stereocenters. The van der Waals surface area contributed by atoms with Crippen LogP contribution in [0.2, 0.25) is 0 Å². The summed E-state index contributed by atoms with van der Waals surface area (Å²) in [5, 5.41) is 2.21. The van der Waals surface area contributed by atoms with E-state index >= 15 is 0 Å². The Balaban J connectivity index is 1.09. The van der Waals surface area contributed by atoms with Crippen molar-refractivity contribution in [2.75, 3.05) is 0 Å². The maximum absolute atomic E-state index is 5.52. The summed E-state index contributed by atoms with van der Waals surface area (Å²) in [6, 6.07) is 98.0. The zero-order valence-corrected chi connectivity index (χ0v) is 38.8. The van der Waals surface area contributed by atoms with E-state index < -0.39 is 5.41 Å². The summed E-state index contributed by atoms with van der Waals surface area (Å²) >= 11 is 0. The van der Waals surface area contributed by atoms with Crippen LogP contribution in [0.3, 0.4) is 0 Å². The van der Waals surface area contributed by atoms with Crippen molar-refractivity contribution in [2.45, 2.75) is 5.41 Å². The first-order valence-corrected chi connectivity index (χ1v) is 24.3. The van der Waals surface area contributed by atoms with E-state index in [0.717, 1.165) is 72.0 Å². The van der Waals surface area contributed by atoms with E-state index in [1.54, 1.807) is 0 Å². The lowest BCUT2D eigenvalue weighted by Crippen LogP contribution is -2.28. The summed E-state index contributed by atoms with van der Waals surface area (Å²) in [4.78, 5) is 16.3. The highest BCUT2D eigenvalue weighted by Gasteiger charge is 2.46. The molecule has 0 atom stereocenters. The first-order chi connectivity index (χ1) is 35.2. The molecule has 1 heterocycles. The first kappa shape index (κ1) is 41.8. The van der Waals surface area contributed by atoms with Gasteiger partial charge in [0.25, 0.3) is 0 Å². The Morgan fingerprint density at radius 1 is 0.239 bits per heavy atom. The minimum Gasteiger partial charge on any atom is -0.208 e. The summed E-state index contributed by atoms with van der Waals surface area (Å²) in [6.07, 6.45) is 0. The topological polar surface area (TPSA) is 38.7 Å². The summed E-state index contributed by atoms with van der Waals surface area (Å²) in [5.41, 5.74) is 18.5. The highest BCUT2D eigenvalue weighted by molar-refractivity contribution is 6.00. The molecule has 0 radical (unpaired) electrons. The van der Waals surface area contributed by atoms with Gasteiger partial charge in [0, 0.05) is 22.3 Å². The van der Waals surface area contributed by atoms with E-state index in [1.807, 2.05) is 6.07 Å². The summed E-state index contributed by atoms with van der Waals surface area (Å²) in [7, 11) is 0. The highest BCUT2D eigenvalue weighted by Crippen LogP contribution is 2.57. The van der Waals surface area contributed by atoms with E-state index in [0.29, 0.717) is 17.5 Å². The lowest BCUT2D eigenvalue weighted by molar-refractivity contribution is 0.768. The second-order valence-corrected chi connectivity index (χ2v) is 18.2. The van der Waals surface area contributed by atoms with Gasteiger partial charge in [-0.25, -0.2) is 15.0 Å². The van der Waals surface area contributed by atoms with Crippen LogP contribution in [-0.4, -0.2) is 15.0 Å². The Labute approximate surface area is 414 Å². The Kier molecular flexibility index (Phi) is 10.4. The van der Waals surface area contributed by atoms with Crippen LogP contribution in [0.5, 0.6) is 0 Å². The largest absolute Gasteiger partial charge is 0.208 e. The normalized spacial score (nSPS) is 12.3. The third kappa shape index (κ3) is 7.26. The third-order valence-corrected chi connectivity index (χ3v) is 14.2. The van der Waals surface area contributed by atoms with E-state index in [9.17, 15) is 0 Å². The Morgan fingerprint density at radius 3 is 1.35 bits per heavy atom. The van der Waals surface area contributed by atoms with Gasteiger partial charge >= 0.3 is 0 Å². The first-order valence-electron chi connectivity index (χ1n) is 24.3. The van der Waals surface area contributed by atoms with Crippen molar-refractivity contribution < 1.29 is 0 Å². The minimum absolute atomic E-state index is 0.509. The minimum atomic E-state index is -0.509. The molecule has 0 amide bonds. The predicted molar refractivity (Wildman–Crippen MR) is 293 cm³/mol. The molecule has 13 rings (SSSR count). The maximum atomic E-state index is 5.52. The monoisotopic (exact) mass is 903 g/mol. The standard InChI is InChI=1S/C68H45N3/c1-6-21-46(22-7-1)48-37-39-51(40-38-48)65-69-66(58-35-20-28-49-25-16-17-33-56(49)58)71-67(70-65)61-45-53(47-23-8-2-9-24-47)44-59(64(61)50-26-10-3-11-27-50)52-41-42-63-60(43-52)57-34-18-19-36-62(57)68(63,54-29-12-4-13-30-54)55-31-14-5-15-32-55/h1-45H. The average Bonchev–Trinajstić information content (AvgIpc) is 3.76. The molecule has 0 fully saturated rings. The highest BCUT2D eigenvalue weighted by atomic mass is 15.0. The molecule has 1 aliphatic carbocycles. The van der Waals surface area contributed by atoms with Gasteiger partial charge in [-0.15, -0.1) is 0 Å². The van der Waals surface area contributed by atoms with Crippen molar-refractivity contribution in [3.8, 4) is 89.8 Å². The van der Waals surface area contributed by atoms with Gasteiger partial charge in [-0.3, -0.25) is 0 Å². The molecular weight excluding hydrogens is 859 g/mol. The zero-order valence-electron chi connectivity index (χ0n) is 38.8. The van der Waals surface area contributed by atoms with Gasteiger partial charge in [0.05, 0.1) is 5.41 Å². The molecule has 12 aromatic rings. The van der Waals surface area contributed by atoms with Crippen molar-refractivity contribution in [3.05, 3.63) is 295 Å². The second kappa shape index (κ2) is 17.6. The average molecular weight is 904 g/mol. The van der Waals surface area contributed by atoms with Crippen LogP contribution in [0.1, 0.15) is 22.3 Å². The molecular formula is C68H45N3. The summed E-state index contributed by atoms with van der Waals surface area (Å²) in [6.45, 7) is 0. The molecule has 1 aromatic heterocycles. The van der Waals surface area contributed by atoms with E-state index in [4.69, 9.17) is 15.0 Å². The number of hydrogen-bond donors (Lipinski definition) is 0. The van der Waals surface area contributed by atoms with E-state index in [1.165, 1.54) is 33.4 Å². The van der Waals surface area contributed by atoms with Gasteiger partial charge in [0.15, 0.2) is 17.5 Å². The Hall–Kier alpha value is -9.31. The number of aromatic nitrogens is 3. The fourth-order valence-corrected chi connectivity index (χ4v) is 11.0. The van der Waals surface area contributed by atoms with Crippen LogP contribution in [0.25, 0.3) is 101 Å². The van der Waals surface area contributed by atoms with Gasteiger partial charge in [0.1, 0.15) is 0 Å². The van der Waals surface area contributed by atoms with Crippen molar-refractivity contribution in [1.29, 1.82) is 0 Å². The number of hydrogen-bond acceptors (Lipinski definition) is 3. The lowest BCUT2D eigenvalue weighted by Gasteiger charge is -2.34. The molecule has 0 saturated carbocycles. The predicted octanol–water partition coefficient (Wildman–Crippen LogP) is 17.1. The molecule has 0 bridgehead atoms. The molecule has 0 spiro atoms. The third-order valence-electron chi connectivity index (χ3n) is 14.2. The van der Waals surface area contributed by atoms with Crippen molar-refractivity contribution in [1.82, 2.24) is 15.0 Å². The fourth-order valence-electron chi connectivity index (χ4n) is 11.0. The van der Waals surface area contributed by atoms with E-state index in [2.05, 4.69) is 267 Å². The quantitative estimate of drug-likeness (QED) is 0.145. The molecule has 0 aliphatic heterocycles. The van der Waals surface area contributed by atoms with Gasteiger partial charge < -0.3 is 0 Å². The van der Waals surface area contributed by atoms with Gasteiger partial charge in [0.2, 0.25) is 0 Å².